The van der Waals surface area contributed by atoms with Crippen molar-refractivity contribution >= 4 is 152 Å². The third kappa shape index (κ3) is 6.74. The van der Waals surface area contributed by atoms with Gasteiger partial charge in [0.25, 0.3) is 0 Å². The topological polar surface area (TPSA) is 52.6 Å². The largest absolute Gasteiger partial charge is 0.456 e. The van der Waals surface area contributed by atoms with Crippen LogP contribution in [-0.4, -0.2) is 0 Å². The van der Waals surface area contributed by atoms with Crippen molar-refractivity contribution in [2.75, 3.05) is 0 Å². The molecule has 4 nitrogen and oxygen atoms in total. The van der Waals surface area contributed by atoms with E-state index < -0.39 is 0 Å². The molecule has 0 spiro atoms. The van der Waals surface area contributed by atoms with Crippen LogP contribution in [0.4, 0.5) is 0 Å². The lowest BCUT2D eigenvalue weighted by Crippen LogP contribution is -1.91. The predicted molar refractivity (Wildman–Crippen MR) is 368 cm³/mol. The van der Waals surface area contributed by atoms with E-state index in [1.165, 1.54) is 92.8 Å². The number of fused-ring (bicyclic) bond motifs is 20. The first-order chi connectivity index (χ1) is 43.6. The van der Waals surface area contributed by atoms with Crippen molar-refractivity contribution in [2.24, 2.45) is 0 Å². The Labute approximate surface area is 501 Å². The minimum absolute atomic E-state index is 0.844. The van der Waals surface area contributed by atoms with Gasteiger partial charge in [0, 0.05) is 48.7 Å². The molecule has 0 atom stereocenters. The molecule has 20 rings (SSSR count). The van der Waals surface area contributed by atoms with Gasteiger partial charge in [0.15, 0.2) is 0 Å². The average Bonchev–Trinajstić information content (AvgIpc) is 2.52. The maximum Gasteiger partial charge on any atom is 0.143 e. The molecule has 0 saturated heterocycles. The molecule has 16 aromatic carbocycles. The minimum Gasteiger partial charge on any atom is -0.456 e. The summed E-state index contributed by atoms with van der Waals surface area (Å²) < 4.78 is 26.3. The van der Waals surface area contributed by atoms with Crippen molar-refractivity contribution < 1.29 is 17.7 Å². The number of furan rings is 4. The Balaban J connectivity index is 0.680. The molecule has 0 amide bonds. The van der Waals surface area contributed by atoms with Crippen molar-refractivity contribution in [3.05, 3.63) is 279 Å². The molecule has 0 aliphatic rings. The van der Waals surface area contributed by atoms with Crippen molar-refractivity contribution in [3.8, 4) is 55.6 Å². The second-order valence-corrected chi connectivity index (χ2v) is 23.6. The van der Waals surface area contributed by atoms with E-state index >= 15 is 0 Å². The lowest BCUT2D eigenvalue weighted by atomic mass is 9.85. The van der Waals surface area contributed by atoms with E-state index in [2.05, 4.69) is 255 Å². The van der Waals surface area contributed by atoms with E-state index in [4.69, 9.17) is 17.7 Å². The van der Waals surface area contributed by atoms with E-state index in [1.807, 2.05) is 24.3 Å². The average molecular weight is 1120 g/mol. The summed E-state index contributed by atoms with van der Waals surface area (Å²) in [6, 6.07) is 101. The van der Waals surface area contributed by atoms with Crippen molar-refractivity contribution in [3.63, 3.8) is 0 Å². The first-order valence-electron chi connectivity index (χ1n) is 30.1. The second kappa shape index (κ2) is 17.9. The number of benzene rings is 16. The molecule has 0 saturated carbocycles. The molecule has 4 heteroatoms. The summed E-state index contributed by atoms with van der Waals surface area (Å²) in [7, 11) is 0. The maximum atomic E-state index is 6.94. The molecule has 0 bridgehead atoms. The highest BCUT2D eigenvalue weighted by molar-refractivity contribution is 6.27. The van der Waals surface area contributed by atoms with Crippen LogP contribution in [0.2, 0.25) is 0 Å². The molecule has 0 aliphatic heterocycles. The van der Waals surface area contributed by atoms with E-state index in [0.29, 0.717) is 0 Å². The Morgan fingerprint density at radius 2 is 0.511 bits per heavy atom. The number of para-hydroxylation sites is 3. The summed E-state index contributed by atoms with van der Waals surface area (Å²) >= 11 is 0. The number of rotatable bonds is 5. The molecule has 20 aromatic rings. The summed E-state index contributed by atoms with van der Waals surface area (Å²) in [5.41, 5.74) is 18.6. The summed E-state index contributed by atoms with van der Waals surface area (Å²) in [5.74, 6) is 0. The van der Waals surface area contributed by atoms with Crippen molar-refractivity contribution in [1.29, 1.82) is 0 Å². The SMILES string of the molecule is c1ccc2c(c1)oc1ccc(-c3c4ccccc4c(-c4ccc5c(ccc6oc7c(-c8ccc9oc%10cc(-c%11c%12ccccc%12c(-c%12ccc%13c(ccc%14oc%15ccccc%15c%14%13)c%12)c%12ccccc%11%12)ccc%10c9c8)cccc7c65)c4)c4ccccc34)cc12. The fourth-order valence-electron chi connectivity index (χ4n) is 15.2. The van der Waals surface area contributed by atoms with Crippen LogP contribution in [0.5, 0.6) is 0 Å². The van der Waals surface area contributed by atoms with Gasteiger partial charge in [-0.05, 0) is 188 Å². The Kier molecular flexibility index (Phi) is 9.69. The zero-order valence-corrected chi connectivity index (χ0v) is 47.2. The Morgan fingerprint density at radius 1 is 0.170 bits per heavy atom. The molecule has 0 aliphatic carbocycles. The highest BCUT2D eigenvalue weighted by Crippen LogP contribution is 2.50. The van der Waals surface area contributed by atoms with Crippen LogP contribution in [0.3, 0.4) is 0 Å². The summed E-state index contributed by atoms with van der Waals surface area (Å²) in [6.07, 6.45) is 0. The zero-order valence-electron chi connectivity index (χ0n) is 47.2. The lowest BCUT2D eigenvalue weighted by Gasteiger charge is -2.18. The van der Waals surface area contributed by atoms with Gasteiger partial charge in [0.1, 0.15) is 44.7 Å². The zero-order chi connectivity index (χ0) is 57.3. The van der Waals surface area contributed by atoms with Gasteiger partial charge in [-0.1, -0.05) is 206 Å². The van der Waals surface area contributed by atoms with Gasteiger partial charge in [-0.2, -0.15) is 0 Å². The van der Waals surface area contributed by atoms with Crippen LogP contribution in [0.15, 0.2) is 297 Å². The molecule has 0 fully saturated rings. The summed E-state index contributed by atoms with van der Waals surface area (Å²) in [4.78, 5) is 0. The Hall–Kier alpha value is -11.7. The van der Waals surface area contributed by atoms with E-state index in [0.717, 1.165) is 115 Å². The number of hydrogen-bond acceptors (Lipinski definition) is 4. The quantitative estimate of drug-likeness (QED) is 0.161. The van der Waals surface area contributed by atoms with Crippen molar-refractivity contribution in [2.45, 2.75) is 0 Å². The predicted octanol–water partition coefficient (Wildman–Crippen LogP) is 24.5. The van der Waals surface area contributed by atoms with Gasteiger partial charge in [-0.25, -0.2) is 0 Å². The molecular formula is C84H46O4. The Bertz CT molecular complexity index is 6330. The molecule has 0 N–H and O–H groups in total. The van der Waals surface area contributed by atoms with Gasteiger partial charge in [-0.15, -0.1) is 0 Å². The van der Waals surface area contributed by atoms with Crippen LogP contribution in [-0.2, 0) is 0 Å². The number of hydrogen-bond donors (Lipinski definition) is 0. The van der Waals surface area contributed by atoms with Crippen LogP contribution in [0.1, 0.15) is 0 Å². The van der Waals surface area contributed by atoms with Gasteiger partial charge < -0.3 is 17.7 Å². The molecule has 406 valence electrons. The molecule has 4 heterocycles. The fraction of sp³-hybridized carbons (Fsp3) is 0. The van der Waals surface area contributed by atoms with Gasteiger partial charge in [0.05, 0.1) is 0 Å². The summed E-state index contributed by atoms with van der Waals surface area (Å²) in [5, 5.41) is 23.2. The van der Waals surface area contributed by atoms with Gasteiger partial charge >= 0.3 is 0 Å². The van der Waals surface area contributed by atoms with E-state index in [1.54, 1.807) is 0 Å². The smallest absolute Gasteiger partial charge is 0.143 e. The van der Waals surface area contributed by atoms with Crippen LogP contribution in [0.25, 0.3) is 208 Å². The van der Waals surface area contributed by atoms with Gasteiger partial charge in [-0.3, -0.25) is 0 Å². The second-order valence-electron chi connectivity index (χ2n) is 23.6. The maximum absolute atomic E-state index is 6.94. The highest BCUT2D eigenvalue weighted by Gasteiger charge is 2.23. The standard InChI is InChI=1S/C84H46O4/c1-5-19-63-59(15-1)78(60-16-2-6-20-64(60)80(63)52-34-39-73-70(45-52)57-14-9-11-26-71(57)85-73)51-29-36-55-48(43-51)33-41-76-83(55)68-25-13-24-56(84(68)88-76)49-31-38-74-69(44-49)58-37-30-53(46-77(58)87-74)81-65-21-7-3-17-61(65)79(62-18-4-8-22-66(62)81)50-28-35-54-47(42-50)32-40-75-82(54)67-23-10-12-27-72(67)86-75/h1-46H. The van der Waals surface area contributed by atoms with E-state index in [-0.39, 0.29) is 0 Å². The third-order valence-electron chi connectivity index (χ3n) is 19.0. The lowest BCUT2D eigenvalue weighted by molar-refractivity contribution is 0.668. The third-order valence-corrected chi connectivity index (χ3v) is 19.0. The summed E-state index contributed by atoms with van der Waals surface area (Å²) in [6.45, 7) is 0. The van der Waals surface area contributed by atoms with Gasteiger partial charge in [0.2, 0.25) is 0 Å². The molecule has 4 aromatic heterocycles. The first kappa shape index (κ1) is 47.6. The van der Waals surface area contributed by atoms with Crippen LogP contribution < -0.4 is 0 Å². The molecular weight excluding hydrogens is 1070 g/mol. The minimum atomic E-state index is 0.844. The Morgan fingerprint density at radius 3 is 1.06 bits per heavy atom. The normalized spacial score (nSPS) is 12.3. The monoisotopic (exact) mass is 1120 g/mol. The molecule has 0 unspecified atom stereocenters. The van der Waals surface area contributed by atoms with Crippen LogP contribution >= 0.6 is 0 Å². The molecule has 88 heavy (non-hydrogen) atoms. The molecule has 0 radical (unpaired) electrons. The van der Waals surface area contributed by atoms with Crippen LogP contribution in [0, 0.1) is 0 Å². The first-order valence-corrected chi connectivity index (χ1v) is 30.1. The highest BCUT2D eigenvalue weighted by atomic mass is 16.3. The fourth-order valence-corrected chi connectivity index (χ4v) is 15.2. The van der Waals surface area contributed by atoms with E-state index in [9.17, 15) is 0 Å². The van der Waals surface area contributed by atoms with Crippen molar-refractivity contribution in [1.82, 2.24) is 0 Å².